The summed E-state index contributed by atoms with van der Waals surface area (Å²) >= 11 is 0. The lowest BCUT2D eigenvalue weighted by molar-refractivity contribution is -0.385. The number of sulfonamides is 1. The normalized spacial score (nSPS) is 15.8. The summed E-state index contributed by atoms with van der Waals surface area (Å²) in [4.78, 5) is 35.9. The molecule has 8 nitrogen and oxygen atoms in total. The number of carbonyl (C=O) groups excluding carboxylic acids is 2. The Balaban J connectivity index is 1.58. The average Bonchev–Trinajstić information content (AvgIpc) is 2.86. The molecule has 0 bridgehead atoms. The van der Waals surface area contributed by atoms with Crippen LogP contribution in [0.2, 0.25) is 0 Å². The summed E-state index contributed by atoms with van der Waals surface area (Å²) in [6.45, 7) is 10.8. The van der Waals surface area contributed by atoms with Crippen molar-refractivity contribution in [1.29, 1.82) is 0 Å². The topological polar surface area (TPSA) is 123 Å². The molecule has 0 aliphatic heterocycles. The van der Waals surface area contributed by atoms with Gasteiger partial charge in [-0.05, 0) is 71.6 Å². The van der Waals surface area contributed by atoms with Crippen LogP contribution in [0.5, 0.6) is 0 Å². The molecule has 0 radical (unpaired) electrons. The molecule has 0 aromatic heterocycles. The van der Waals surface area contributed by atoms with E-state index in [1.165, 1.54) is 41.5 Å². The van der Waals surface area contributed by atoms with Gasteiger partial charge in [-0.15, -0.1) is 0 Å². The van der Waals surface area contributed by atoms with Gasteiger partial charge in [0.25, 0.3) is 21.6 Å². The molecule has 0 saturated heterocycles. The Labute approximate surface area is 222 Å². The first kappa shape index (κ1) is 27.2. The fraction of sp³-hybridized carbons (Fsp3) is 0.310. The minimum absolute atomic E-state index is 0.0250. The van der Waals surface area contributed by atoms with Crippen molar-refractivity contribution in [1.82, 2.24) is 4.72 Å². The predicted octanol–water partition coefficient (Wildman–Crippen LogP) is 5.60. The lowest BCUT2D eigenvalue weighted by Crippen LogP contribution is -2.34. The summed E-state index contributed by atoms with van der Waals surface area (Å²) in [6, 6.07) is 14.3. The van der Waals surface area contributed by atoms with Crippen molar-refractivity contribution in [2.45, 2.75) is 63.2 Å². The van der Waals surface area contributed by atoms with Gasteiger partial charge in [0.15, 0.2) is 5.78 Å². The van der Waals surface area contributed by atoms with E-state index in [9.17, 15) is 28.1 Å². The zero-order chi connectivity index (χ0) is 28.0. The van der Waals surface area contributed by atoms with Crippen molar-refractivity contribution in [3.8, 4) is 0 Å². The van der Waals surface area contributed by atoms with Crippen LogP contribution in [0.3, 0.4) is 0 Å². The van der Waals surface area contributed by atoms with Gasteiger partial charge in [0.05, 0.1) is 9.82 Å². The predicted molar refractivity (Wildman–Crippen MR) is 144 cm³/mol. The van der Waals surface area contributed by atoms with Crippen molar-refractivity contribution >= 4 is 27.4 Å². The Morgan fingerprint density at radius 3 is 2.00 bits per heavy atom. The van der Waals surface area contributed by atoms with Crippen LogP contribution >= 0.6 is 0 Å². The van der Waals surface area contributed by atoms with Crippen LogP contribution in [0.15, 0.2) is 65.6 Å². The highest BCUT2D eigenvalue weighted by atomic mass is 32.2. The number of ketones is 1. The van der Waals surface area contributed by atoms with Gasteiger partial charge < -0.3 is 0 Å². The molecule has 1 N–H and O–H groups in total. The highest BCUT2D eigenvalue weighted by Gasteiger charge is 2.38. The molecule has 1 aliphatic carbocycles. The molecule has 0 heterocycles. The second-order valence-electron chi connectivity index (χ2n) is 11.1. The third kappa shape index (κ3) is 5.11. The molecule has 3 aromatic rings. The van der Waals surface area contributed by atoms with Gasteiger partial charge in [-0.25, -0.2) is 13.1 Å². The van der Waals surface area contributed by atoms with Crippen LogP contribution in [0, 0.1) is 17.0 Å². The van der Waals surface area contributed by atoms with Crippen molar-refractivity contribution in [2.24, 2.45) is 0 Å². The number of carbonyl (C=O) groups is 2. The first-order chi connectivity index (χ1) is 17.6. The zero-order valence-electron chi connectivity index (χ0n) is 22.0. The molecular weight excluding hydrogens is 504 g/mol. The van der Waals surface area contributed by atoms with E-state index in [0.717, 1.165) is 36.6 Å². The molecule has 4 rings (SSSR count). The SMILES string of the molecule is Cc1cc2c(cc1C(=O)c1ccc(C(=O)NS(=O)(=O)c3cccc([N+](=O)[O-])c3)cc1)C(C)(C)CCC2(C)C. The first-order valence-corrected chi connectivity index (χ1v) is 13.7. The number of benzene rings is 3. The molecule has 0 spiro atoms. The third-order valence-corrected chi connectivity index (χ3v) is 8.75. The van der Waals surface area contributed by atoms with E-state index in [4.69, 9.17) is 0 Å². The Hall–Kier alpha value is -3.85. The number of nitrogens with one attached hydrogen (secondary N) is 1. The summed E-state index contributed by atoms with van der Waals surface area (Å²) < 4.78 is 27.1. The van der Waals surface area contributed by atoms with Crippen molar-refractivity contribution < 1.29 is 22.9 Å². The quantitative estimate of drug-likeness (QED) is 0.249. The maximum absolute atomic E-state index is 13.5. The lowest BCUT2D eigenvalue weighted by atomic mass is 9.62. The van der Waals surface area contributed by atoms with Gasteiger partial charge in [0.1, 0.15) is 0 Å². The smallest absolute Gasteiger partial charge is 0.270 e. The summed E-state index contributed by atoms with van der Waals surface area (Å²) in [5.41, 5.74) is 3.87. The second-order valence-corrected chi connectivity index (χ2v) is 12.8. The number of amides is 1. The Bertz CT molecular complexity index is 1570. The van der Waals surface area contributed by atoms with Gasteiger partial charge in [-0.3, -0.25) is 19.7 Å². The van der Waals surface area contributed by atoms with Crippen LogP contribution in [0.4, 0.5) is 5.69 Å². The largest absolute Gasteiger partial charge is 0.289 e. The van der Waals surface area contributed by atoms with Gasteiger partial charge in [-0.1, -0.05) is 52.0 Å². The second kappa shape index (κ2) is 9.47. The van der Waals surface area contributed by atoms with Gasteiger partial charge in [0.2, 0.25) is 0 Å². The van der Waals surface area contributed by atoms with E-state index in [2.05, 4.69) is 33.8 Å². The minimum Gasteiger partial charge on any atom is -0.289 e. The monoisotopic (exact) mass is 534 g/mol. The molecule has 1 amide bonds. The maximum atomic E-state index is 13.5. The molecule has 0 unspecified atom stereocenters. The standard InChI is InChI=1S/C29H30N2O6S/c1-18-15-24-25(29(4,5)14-13-28(24,2)3)17-23(18)26(32)19-9-11-20(12-10-19)27(33)30-38(36,37)22-8-6-7-21(16-22)31(34)35/h6-12,15-17H,13-14H2,1-5H3,(H,30,33). The zero-order valence-corrected chi connectivity index (χ0v) is 22.8. The molecule has 0 fully saturated rings. The third-order valence-electron chi connectivity index (χ3n) is 7.42. The highest BCUT2D eigenvalue weighted by Crippen LogP contribution is 2.46. The summed E-state index contributed by atoms with van der Waals surface area (Å²) in [5.74, 6) is -1.09. The van der Waals surface area contributed by atoms with E-state index in [-0.39, 0.29) is 22.2 Å². The molecule has 1 aliphatic rings. The van der Waals surface area contributed by atoms with E-state index in [1.54, 1.807) is 0 Å². The number of aryl methyl sites for hydroxylation is 1. The fourth-order valence-electron chi connectivity index (χ4n) is 4.90. The first-order valence-electron chi connectivity index (χ1n) is 12.2. The molecule has 198 valence electrons. The molecule has 0 saturated carbocycles. The number of fused-ring (bicyclic) bond motifs is 1. The molecule has 38 heavy (non-hydrogen) atoms. The van der Waals surface area contributed by atoms with Crippen LogP contribution < -0.4 is 4.72 Å². The van der Waals surface area contributed by atoms with Crippen molar-refractivity contribution in [3.05, 3.63) is 104 Å². The number of nitro benzene ring substituents is 1. The van der Waals surface area contributed by atoms with Gasteiger partial charge in [-0.2, -0.15) is 0 Å². The number of nitrogens with zero attached hydrogens (tertiary/aromatic N) is 1. The van der Waals surface area contributed by atoms with Crippen molar-refractivity contribution in [3.63, 3.8) is 0 Å². The van der Waals surface area contributed by atoms with Crippen LogP contribution in [-0.2, 0) is 20.9 Å². The Kier molecular flexibility index (Phi) is 6.78. The van der Waals surface area contributed by atoms with E-state index < -0.39 is 31.4 Å². The van der Waals surface area contributed by atoms with Crippen LogP contribution in [-0.4, -0.2) is 25.0 Å². The Morgan fingerprint density at radius 1 is 0.868 bits per heavy atom. The average molecular weight is 535 g/mol. The molecule has 0 atom stereocenters. The highest BCUT2D eigenvalue weighted by molar-refractivity contribution is 7.90. The number of hydrogen-bond donors (Lipinski definition) is 1. The van der Waals surface area contributed by atoms with Crippen molar-refractivity contribution in [2.75, 3.05) is 0 Å². The van der Waals surface area contributed by atoms with Gasteiger partial charge >= 0.3 is 0 Å². The molecular formula is C29H30N2O6S. The van der Waals surface area contributed by atoms with Crippen LogP contribution in [0.1, 0.15) is 83.5 Å². The van der Waals surface area contributed by atoms with E-state index >= 15 is 0 Å². The molecule has 3 aromatic carbocycles. The summed E-state index contributed by atoms with van der Waals surface area (Å²) in [6.07, 6.45) is 2.09. The number of nitro groups is 1. The minimum atomic E-state index is -4.34. The number of hydrogen-bond acceptors (Lipinski definition) is 6. The van der Waals surface area contributed by atoms with E-state index in [1.807, 2.05) is 17.7 Å². The summed E-state index contributed by atoms with van der Waals surface area (Å²) in [7, 11) is -4.34. The number of non-ortho nitro benzene ring substituents is 1. The van der Waals surface area contributed by atoms with Crippen LogP contribution in [0.25, 0.3) is 0 Å². The lowest BCUT2D eigenvalue weighted by Gasteiger charge is -2.42. The maximum Gasteiger partial charge on any atom is 0.270 e. The van der Waals surface area contributed by atoms with Gasteiger partial charge in [0, 0.05) is 28.8 Å². The number of rotatable bonds is 6. The summed E-state index contributed by atoms with van der Waals surface area (Å²) in [5, 5.41) is 11.0. The molecule has 9 heteroatoms. The fourth-order valence-corrected chi connectivity index (χ4v) is 5.91. The Morgan fingerprint density at radius 2 is 1.42 bits per heavy atom. The van der Waals surface area contributed by atoms with E-state index in [0.29, 0.717) is 11.1 Å².